The molecule has 1 aromatic heterocycles. The number of halogens is 1. The number of aryl methyl sites for hydroxylation is 2. The van der Waals surface area contributed by atoms with Crippen molar-refractivity contribution in [3.8, 4) is 0 Å². The van der Waals surface area contributed by atoms with E-state index in [0.29, 0.717) is 22.2 Å². The van der Waals surface area contributed by atoms with Gasteiger partial charge in [-0.3, -0.25) is 14.5 Å². The van der Waals surface area contributed by atoms with Crippen molar-refractivity contribution in [2.45, 2.75) is 26.7 Å². The number of amides is 2. The van der Waals surface area contributed by atoms with Gasteiger partial charge in [0, 0.05) is 16.9 Å². The number of fused-ring (bicyclic) bond motifs is 1. The summed E-state index contributed by atoms with van der Waals surface area (Å²) >= 11 is 6.14. The molecule has 162 valence electrons. The fraction of sp³-hybridized carbons (Fsp3) is 0.200. The monoisotopic (exact) mass is 446 g/mol. The number of carbonyl (C=O) groups is 2. The van der Waals surface area contributed by atoms with Crippen LogP contribution in [0.1, 0.15) is 30.0 Å². The van der Waals surface area contributed by atoms with E-state index in [-0.39, 0.29) is 24.8 Å². The first-order chi connectivity index (χ1) is 15.5. The standard InChI is InChI=1S/C25H23ClN4O2/c1-3-17-8-4-7-16(2)24(17)29-22(31)15-30-23(32)14-21(18-9-5-10-19(26)13-18)28-20-11-6-12-27-25(20)30/h4-13H,3,14-15H2,1-2H3,(H,29,31). The van der Waals surface area contributed by atoms with Gasteiger partial charge in [-0.15, -0.1) is 0 Å². The zero-order chi connectivity index (χ0) is 22.7. The lowest BCUT2D eigenvalue weighted by atomic mass is 10.1. The summed E-state index contributed by atoms with van der Waals surface area (Å²) in [4.78, 5) is 36.6. The Morgan fingerprint density at radius 2 is 1.97 bits per heavy atom. The molecule has 6 nitrogen and oxygen atoms in total. The molecule has 0 atom stereocenters. The van der Waals surface area contributed by atoms with Crippen molar-refractivity contribution in [2.24, 2.45) is 4.99 Å². The van der Waals surface area contributed by atoms with Crippen molar-refractivity contribution in [1.82, 2.24) is 4.98 Å². The zero-order valence-corrected chi connectivity index (χ0v) is 18.7. The SMILES string of the molecule is CCc1cccc(C)c1NC(=O)CN1C(=O)CC(c2cccc(Cl)c2)=Nc2cccnc21. The number of pyridine rings is 1. The van der Waals surface area contributed by atoms with E-state index >= 15 is 0 Å². The first-order valence-electron chi connectivity index (χ1n) is 10.4. The summed E-state index contributed by atoms with van der Waals surface area (Å²) < 4.78 is 0. The van der Waals surface area contributed by atoms with Gasteiger partial charge in [-0.1, -0.05) is 48.9 Å². The van der Waals surface area contributed by atoms with Crippen LogP contribution >= 0.6 is 11.6 Å². The van der Waals surface area contributed by atoms with Gasteiger partial charge in [0.2, 0.25) is 11.8 Å². The Hall–Kier alpha value is -3.51. The second kappa shape index (κ2) is 9.32. The molecule has 2 amide bonds. The molecular weight excluding hydrogens is 424 g/mol. The molecule has 0 radical (unpaired) electrons. The predicted octanol–water partition coefficient (Wildman–Crippen LogP) is 5.10. The topological polar surface area (TPSA) is 74.7 Å². The molecule has 1 aliphatic rings. The number of hydrogen-bond acceptors (Lipinski definition) is 4. The Labute approximate surface area is 192 Å². The van der Waals surface area contributed by atoms with Crippen LogP contribution in [0.2, 0.25) is 5.02 Å². The fourth-order valence-electron chi connectivity index (χ4n) is 3.75. The minimum absolute atomic E-state index is 0.0363. The van der Waals surface area contributed by atoms with E-state index in [4.69, 9.17) is 11.6 Å². The quantitative estimate of drug-likeness (QED) is 0.592. The first kappa shape index (κ1) is 21.7. The molecule has 0 spiro atoms. The number of nitrogens with one attached hydrogen (secondary N) is 1. The van der Waals surface area contributed by atoms with Crippen molar-refractivity contribution in [1.29, 1.82) is 0 Å². The summed E-state index contributed by atoms with van der Waals surface area (Å²) in [6.45, 7) is 3.84. The molecule has 2 aromatic carbocycles. The molecule has 0 bridgehead atoms. The summed E-state index contributed by atoms with van der Waals surface area (Å²) in [6.07, 6.45) is 2.42. The predicted molar refractivity (Wildman–Crippen MR) is 128 cm³/mol. The van der Waals surface area contributed by atoms with Crippen LogP contribution in [0.4, 0.5) is 17.2 Å². The Morgan fingerprint density at radius 3 is 2.75 bits per heavy atom. The second-order valence-electron chi connectivity index (χ2n) is 7.58. The fourth-order valence-corrected chi connectivity index (χ4v) is 3.94. The number of aliphatic imine (C=N–C) groups is 1. The maximum atomic E-state index is 13.2. The molecule has 3 aromatic rings. The third-order valence-corrected chi connectivity index (χ3v) is 5.60. The van der Waals surface area contributed by atoms with E-state index in [1.54, 1.807) is 30.5 Å². The van der Waals surface area contributed by atoms with Crippen LogP contribution in [0.15, 0.2) is 65.8 Å². The minimum atomic E-state index is -0.287. The van der Waals surface area contributed by atoms with Gasteiger partial charge < -0.3 is 5.32 Å². The van der Waals surface area contributed by atoms with E-state index in [1.807, 2.05) is 44.2 Å². The molecule has 0 unspecified atom stereocenters. The molecule has 32 heavy (non-hydrogen) atoms. The van der Waals surface area contributed by atoms with Crippen LogP contribution in [0.5, 0.6) is 0 Å². The average Bonchev–Trinajstić information content (AvgIpc) is 2.92. The molecule has 1 N–H and O–H groups in total. The van der Waals surface area contributed by atoms with E-state index in [0.717, 1.165) is 28.8 Å². The van der Waals surface area contributed by atoms with Crippen LogP contribution in [0.25, 0.3) is 0 Å². The number of nitrogens with zero attached hydrogens (tertiary/aromatic N) is 3. The van der Waals surface area contributed by atoms with Gasteiger partial charge in [-0.2, -0.15) is 0 Å². The maximum absolute atomic E-state index is 13.2. The van der Waals surface area contributed by atoms with Crippen LogP contribution in [-0.2, 0) is 16.0 Å². The first-order valence-corrected chi connectivity index (χ1v) is 10.8. The van der Waals surface area contributed by atoms with Crippen LogP contribution < -0.4 is 10.2 Å². The van der Waals surface area contributed by atoms with E-state index in [1.165, 1.54) is 4.90 Å². The van der Waals surface area contributed by atoms with Gasteiger partial charge in [-0.05, 0) is 54.3 Å². The van der Waals surface area contributed by atoms with Crippen molar-refractivity contribution >= 4 is 46.3 Å². The summed E-state index contributed by atoms with van der Waals surface area (Å²) in [5.74, 6) is -0.174. The molecule has 0 saturated heterocycles. The molecule has 7 heteroatoms. The number of aromatic nitrogens is 1. The lowest BCUT2D eigenvalue weighted by Gasteiger charge is -2.21. The molecule has 4 rings (SSSR count). The normalized spacial score (nSPS) is 13.3. The van der Waals surface area contributed by atoms with Crippen molar-refractivity contribution < 1.29 is 9.59 Å². The molecule has 2 heterocycles. The van der Waals surface area contributed by atoms with Gasteiger partial charge >= 0.3 is 0 Å². The molecule has 0 saturated carbocycles. The number of hydrogen-bond donors (Lipinski definition) is 1. The summed E-state index contributed by atoms with van der Waals surface area (Å²) in [5.41, 5.74) is 4.70. The van der Waals surface area contributed by atoms with E-state index in [9.17, 15) is 9.59 Å². The highest BCUT2D eigenvalue weighted by Crippen LogP contribution is 2.31. The average molecular weight is 447 g/mol. The van der Waals surface area contributed by atoms with Gasteiger partial charge in [0.15, 0.2) is 5.82 Å². The van der Waals surface area contributed by atoms with Crippen LogP contribution in [-0.4, -0.2) is 29.1 Å². The number of rotatable bonds is 5. The Balaban J connectivity index is 1.63. The summed E-state index contributed by atoms with van der Waals surface area (Å²) in [6, 6.07) is 16.7. The van der Waals surface area contributed by atoms with E-state index < -0.39 is 0 Å². The third-order valence-electron chi connectivity index (χ3n) is 5.36. The largest absolute Gasteiger partial charge is 0.324 e. The van der Waals surface area contributed by atoms with Crippen LogP contribution in [0.3, 0.4) is 0 Å². The maximum Gasteiger partial charge on any atom is 0.244 e. The zero-order valence-electron chi connectivity index (χ0n) is 17.9. The lowest BCUT2D eigenvalue weighted by molar-refractivity contribution is -0.120. The van der Waals surface area contributed by atoms with Crippen molar-refractivity contribution in [3.63, 3.8) is 0 Å². The van der Waals surface area contributed by atoms with E-state index in [2.05, 4.69) is 15.3 Å². The smallest absolute Gasteiger partial charge is 0.244 e. The lowest BCUT2D eigenvalue weighted by Crippen LogP contribution is -2.39. The molecular formula is C25H23ClN4O2. The van der Waals surface area contributed by atoms with Crippen molar-refractivity contribution in [3.05, 3.63) is 82.5 Å². The van der Waals surface area contributed by atoms with Gasteiger partial charge in [0.25, 0.3) is 0 Å². The third kappa shape index (κ3) is 4.55. The summed E-state index contributed by atoms with van der Waals surface area (Å²) in [5, 5.41) is 3.55. The molecule has 0 fully saturated rings. The highest BCUT2D eigenvalue weighted by Gasteiger charge is 2.28. The van der Waals surface area contributed by atoms with Crippen LogP contribution in [0, 0.1) is 6.92 Å². The number of para-hydroxylation sites is 1. The second-order valence-corrected chi connectivity index (χ2v) is 8.02. The number of benzene rings is 2. The Kier molecular flexibility index (Phi) is 6.32. The molecule has 0 aliphatic carbocycles. The van der Waals surface area contributed by atoms with Crippen molar-refractivity contribution in [2.75, 3.05) is 16.8 Å². The highest BCUT2D eigenvalue weighted by molar-refractivity contribution is 6.31. The highest BCUT2D eigenvalue weighted by atomic mass is 35.5. The van der Waals surface area contributed by atoms with Gasteiger partial charge in [0.05, 0.1) is 12.1 Å². The summed E-state index contributed by atoms with van der Waals surface area (Å²) in [7, 11) is 0. The number of carbonyl (C=O) groups excluding carboxylic acids is 2. The Bertz CT molecular complexity index is 1220. The number of anilines is 2. The molecule has 1 aliphatic heterocycles. The van der Waals surface area contributed by atoms with Gasteiger partial charge in [0.1, 0.15) is 12.2 Å². The van der Waals surface area contributed by atoms with Gasteiger partial charge in [-0.25, -0.2) is 9.98 Å². The minimum Gasteiger partial charge on any atom is -0.324 e. The Morgan fingerprint density at radius 1 is 1.16 bits per heavy atom.